The monoisotopic (exact) mass is 400 g/mol. The van der Waals surface area contributed by atoms with E-state index in [4.69, 9.17) is 9.47 Å². The van der Waals surface area contributed by atoms with Crippen LogP contribution in [0.25, 0.3) is 0 Å². The zero-order valence-electron chi connectivity index (χ0n) is 15.6. The zero-order chi connectivity index (χ0) is 20.4. The van der Waals surface area contributed by atoms with Crippen LogP contribution in [0.15, 0.2) is 42.5 Å². The molecule has 0 saturated carbocycles. The van der Waals surface area contributed by atoms with Crippen molar-refractivity contribution in [3.05, 3.63) is 76.6 Å². The molecule has 2 aromatic carbocycles. The van der Waals surface area contributed by atoms with Gasteiger partial charge < -0.3 is 14.8 Å². The Labute approximate surface area is 165 Å². The van der Waals surface area contributed by atoms with Gasteiger partial charge in [0.15, 0.2) is 5.69 Å². The molecule has 0 fully saturated rings. The van der Waals surface area contributed by atoms with Crippen molar-refractivity contribution in [2.45, 2.75) is 25.8 Å². The average Bonchev–Trinajstić information content (AvgIpc) is 3.16. The molecule has 0 saturated heterocycles. The van der Waals surface area contributed by atoms with Crippen molar-refractivity contribution in [1.29, 1.82) is 0 Å². The Morgan fingerprint density at radius 3 is 2.79 bits per heavy atom. The zero-order valence-corrected chi connectivity index (χ0v) is 15.6. The van der Waals surface area contributed by atoms with Gasteiger partial charge >= 0.3 is 0 Å². The molecule has 1 unspecified atom stereocenters. The van der Waals surface area contributed by atoms with Gasteiger partial charge in [-0.05, 0) is 23.8 Å². The summed E-state index contributed by atoms with van der Waals surface area (Å²) in [5.74, 6) is -1.14. The third kappa shape index (κ3) is 3.95. The fourth-order valence-corrected chi connectivity index (χ4v) is 3.13. The Balaban J connectivity index is 1.43. The van der Waals surface area contributed by atoms with E-state index < -0.39 is 17.5 Å². The number of nitrogens with one attached hydrogen (secondary N) is 1. The summed E-state index contributed by atoms with van der Waals surface area (Å²) in [6, 6.07) is 10.7. The highest BCUT2D eigenvalue weighted by Crippen LogP contribution is 2.28. The van der Waals surface area contributed by atoms with E-state index in [1.807, 2.05) is 24.3 Å². The van der Waals surface area contributed by atoms with E-state index in [-0.39, 0.29) is 30.5 Å². The molecule has 1 N–H and O–H groups in total. The number of rotatable bonds is 5. The van der Waals surface area contributed by atoms with Gasteiger partial charge in [-0.1, -0.05) is 23.4 Å². The minimum atomic E-state index is -0.721. The number of ether oxygens (including phenoxy) is 2. The van der Waals surface area contributed by atoms with Crippen molar-refractivity contribution in [2.24, 2.45) is 0 Å². The van der Waals surface area contributed by atoms with Crippen molar-refractivity contribution in [3.8, 4) is 5.75 Å². The molecule has 7 nitrogen and oxygen atoms in total. The third-order valence-electron chi connectivity index (χ3n) is 4.75. The van der Waals surface area contributed by atoms with Crippen molar-refractivity contribution < 1.29 is 23.0 Å². The highest BCUT2D eigenvalue weighted by Gasteiger charge is 2.27. The first kappa shape index (κ1) is 19.0. The summed E-state index contributed by atoms with van der Waals surface area (Å²) in [7, 11) is 1.60. The summed E-state index contributed by atoms with van der Waals surface area (Å²) in [6.45, 7) is 0.485. The first-order valence-corrected chi connectivity index (χ1v) is 8.95. The molecule has 4 rings (SSSR count). The van der Waals surface area contributed by atoms with E-state index in [0.29, 0.717) is 12.2 Å². The molecular weight excluding hydrogens is 382 g/mol. The Hall–Kier alpha value is -3.33. The van der Waals surface area contributed by atoms with Gasteiger partial charge in [0.2, 0.25) is 0 Å². The van der Waals surface area contributed by atoms with E-state index in [1.165, 1.54) is 6.07 Å². The van der Waals surface area contributed by atoms with Gasteiger partial charge in [-0.25, -0.2) is 13.5 Å². The molecular formula is C20H18F2N4O3. The molecule has 29 heavy (non-hydrogen) atoms. The second-order valence-electron chi connectivity index (χ2n) is 6.56. The lowest BCUT2D eigenvalue weighted by Crippen LogP contribution is -2.27. The van der Waals surface area contributed by atoms with Gasteiger partial charge in [0.25, 0.3) is 5.91 Å². The summed E-state index contributed by atoms with van der Waals surface area (Å²) in [5.41, 5.74) is 1.81. The lowest BCUT2D eigenvalue weighted by atomic mass is 10.1. The first-order valence-electron chi connectivity index (χ1n) is 8.95. The van der Waals surface area contributed by atoms with Crippen LogP contribution in [0.1, 0.15) is 33.4 Å². The molecule has 0 spiro atoms. The number of fused-ring (bicyclic) bond motifs is 1. The number of nitrogens with zero attached hydrogens (tertiary/aromatic N) is 3. The second kappa shape index (κ2) is 7.96. The number of carbonyl (C=O) groups is 1. The van der Waals surface area contributed by atoms with E-state index in [0.717, 1.165) is 23.4 Å². The van der Waals surface area contributed by atoms with Crippen LogP contribution in [-0.2, 0) is 24.4 Å². The van der Waals surface area contributed by atoms with Crippen LogP contribution in [0.4, 0.5) is 8.78 Å². The number of carbonyl (C=O) groups excluding carboxylic acids is 1. The number of aromatic nitrogens is 3. The standard InChI is InChI=1S/C20H18F2N4O3/c1-28-15-6-3-12(4-7-15)18-10-26-17(11-29-18)19(24-25-26)20(27)23-9-13-2-5-14(21)8-16(13)22/h2-8,18H,9-11H2,1H3,(H,23,27). The molecule has 0 bridgehead atoms. The number of hydrogen-bond acceptors (Lipinski definition) is 5. The normalized spacial score (nSPS) is 15.6. The Morgan fingerprint density at radius 1 is 1.28 bits per heavy atom. The predicted octanol–water partition coefficient (Wildman–Crippen LogP) is 2.77. The number of methoxy groups -OCH3 is 1. The Morgan fingerprint density at radius 2 is 2.07 bits per heavy atom. The van der Waals surface area contributed by atoms with Crippen LogP contribution in [0.2, 0.25) is 0 Å². The minimum Gasteiger partial charge on any atom is -0.497 e. The van der Waals surface area contributed by atoms with Crippen LogP contribution in [-0.4, -0.2) is 28.0 Å². The number of hydrogen-bond donors (Lipinski definition) is 1. The highest BCUT2D eigenvalue weighted by atomic mass is 19.1. The molecule has 2 heterocycles. The van der Waals surface area contributed by atoms with Gasteiger partial charge in [-0.15, -0.1) is 5.10 Å². The summed E-state index contributed by atoms with van der Waals surface area (Å²) in [4.78, 5) is 12.5. The molecule has 0 aliphatic carbocycles. The minimum absolute atomic E-state index is 0.0907. The molecule has 9 heteroatoms. The summed E-state index contributed by atoms with van der Waals surface area (Å²) >= 11 is 0. The van der Waals surface area contributed by atoms with E-state index in [2.05, 4.69) is 15.6 Å². The quantitative estimate of drug-likeness (QED) is 0.713. The second-order valence-corrected chi connectivity index (χ2v) is 6.56. The molecule has 150 valence electrons. The van der Waals surface area contributed by atoms with Crippen LogP contribution >= 0.6 is 0 Å². The maximum atomic E-state index is 13.7. The van der Waals surface area contributed by atoms with Gasteiger partial charge in [0.05, 0.1) is 26.0 Å². The maximum absolute atomic E-state index is 13.7. The van der Waals surface area contributed by atoms with Crippen molar-refractivity contribution in [1.82, 2.24) is 20.3 Å². The van der Waals surface area contributed by atoms with Crippen LogP contribution in [0, 0.1) is 11.6 Å². The Kier molecular flexibility index (Phi) is 5.22. The van der Waals surface area contributed by atoms with Gasteiger partial charge in [-0.2, -0.15) is 0 Å². The number of halogens is 2. The van der Waals surface area contributed by atoms with E-state index >= 15 is 0 Å². The predicted molar refractivity (Wildman–Crippen MR) is 98.1 cm³/mol. The topological polar surface area (TPSA) is 78.3 Å². The molecule has 1 aliphatic heterocycles. The number of benzene rings is 2. The Bertz CT molecular complexity index is 1040. The third-order valence-corrected chi connectivity index (χ3v) is 4.75. The van der Waals surface area contributed by atoms with Crippen LogP contribution in [0.3, 0.4) is 0 Å². The van der Waals surface area contributed by atoms with Gasteiger partial charge in [0.1, 0.15) is 23.5 Å². The largest absolute Gasteiger partial charge is 0.497 e. The summed E-state index contributed by atoms with van der Waals surface area (Å²) < 4.78 is 39.4. The molecule has 1 aromatic heterocycles. The molecule has 3 aromatic rings. The number of amides is 1. The van der Waals surface area contributed by atoms with E-state index in [1.54, 1.807) is 11.8 Å². The van der Waals surface area contributed by atoms with E-state index in [9.17, 15) is 13.6 Å². The van der Waals surface area contributed by atoms with Gasteiger partial charge in [0, 0.05) is 18.2 Å². The van der Waals surface area contributed by atoms with Crippen LogP contribution < -0.4 is 10.1 Å². The smallest absolute Gasteiger partial charge is 0.274 e. The summed E-state index contributed by atoms with van der Waals surface area (Å²) in [6.07, 6.45) is -0.223. The molecule has 0 radical (unpaired) electrons. The highest BCUT2D eigenvalue weighted by molar-refractivity contribution is 5.93. The molecule has 1 aliphatic rings. The lowest BCUT2D eigenvalue weighted by molar-refractivity contribution is -0.00179. The average molecular weight is 400 g/mol. The van der Waals surface area contributed by atoms with Crippen molar-refractivity contribution >= 4 is 5.91 Å². The first-order chi connectivity index (χ1) is 14.0. The van der Waals surface area contributed by atoms with Gasteiger partial charge in [-0.3, -0.25) is 4.79 Å². The van der Waals surface area contributed by atoms with Crippen molar-refractivity contribution in [3.63, 3.8) is 0 Å². The summed E-state index contributed by atoms with van der Waals surface area (Å²) in [5, 5.41) is 10.6. The fraction of sp³-hybridized carbons (Fsp3) is 0.250. The SMILES string of the molecule is COc1ccc(C2Cn3nnc(C(=O)NCc4ccc(F)cc4F)c3CO2)cc1. The fourth-order valence-electron chi connectivity index (χ4n) is 3.13. The molecule has 1 amide bonds. The molecule has 1 atom stereocenters. The van der Waals surface area contributed by atoms with Crippen LogP contribution in [0.5, 0.6) is 5.75 Å². The lowest BCUT2D eigenvalue weighted by Gasteiger charge is -2.24. The van der Waals surface area contributed by atoms with Crippen molar-refractivity contribution in [2.75, 3.05) is 7.11 Å². The maximum Gasteiger partial charge on any atom is 0.274 e.